The zero-order chi connectivity index (χ0) is 54.6. The van der Waals surface area contributed by atoms with E-state index in [-0.39, 0.29) is 54.2 Å². The van der Waals surface area contributed by atoms with Crippen molar-refractivity contribution in [2.45, 2.75) is 169 Å². The molecule has 5 saturated heterocycles. The van der Waals surface area contributed by atoms with Crippen LogP contribution in [0.15, 0.2) is 54.7 Å². The Morgan fingerprint density at radius 1 is 0.909 bits per heavy atom. The van der Waals surface area contributed by atoms with E-state index >= 15 is 0 Å². The van der Waals surface area contributed by atoms with E-state index in [0.29, 0.717) is 58.0 Å². The van der Waals surface area contributed by atoms with E-state index in [1.165, 1.54) is 42.8 Å². The number of carbonyl (C=O) groups is 4. The normalized spacial score (nSPS) is 25.1. The number of hydrogen-bond donors (Lipinski definition) is 2. The Hall–Kier alpha value is -5.51. The van der Waals surface area contributed by atoms with Gasteiger partial charge in [-0.3, -0.25) is 34.2 Å². The first-order valence-corrected chi connectivity index (χ1v) is 29.2. The van der Waals surface area contributed by atoms with Gasteiger partial charge in [0, 0.05) is 92.1 Å². The molecule has 15 nitrogen and oxygen atoms in total. The van der Waals surface area contributed by atoms with Crippen LogP contribution in [0.1, 0.15) is 137 Å². The number of nitrogens with one attached hydrogen (secondary N) is 2. The largest absolute Gasteiger partial charge is 0.464 e. The minimum atomic E-state index is -0.925. The van der Waals surface area contributed by atoms with Crippen LogP contribution in [0.3, 0.4) is 0 Å². The summed E-state index contributed by atoms with van der Waals surface area (Å²) in [6.07, 6.45) is 9.36. The van der Waals surface area contributed by atoms with Crippen molar-refractivity contribution in [3.8, 4) is 22.4 Å². The Balaban J connectivity index is 0.999. The van der Waals surface area contributed by atoms with Crippen LogP contribution in [0.4, 0.5) is 10.5 Å². The number of hydrogen-bond acceptors (Lipinski definition) is 11. The highest BCUT2D eigenvalue weighted by molar-refractivity contribution is 5.96. The maximum absolute atomic E-state index is 15.0. The molecule has 2 aromatic carbocycles. The highest BCUT2D eigenvalue weighted by Gasteiger charge is 2.49. The van der Waals surface area contributed by atoms with Gasteiger partial charge in [0.05, 0.1) is 35.9 Å². The zero-order valence-electron chi connectivity index (χ0n) is 47.9. The number of pyridine rings is 1. The predicted octanol–water partition coefficient (Wildman–Crippen LogP) is 9.19. The summed E-state index contributed by atoms with van der Waals surface area (Å²) in [5.41, 5.74) is 12.0. The molecule has 3 amide bonds. The summed E-state index contributed by atoms with van der Waals surface area (Å²) < 4.78 is 14.5. The van der Waals surface area contributed by atoms with Crippen LogP contribution >= 0.6 is 0 Å². The number of fused-ring (bicyclic) bond motifs is 7. The maximum Gasteiger partial charge on any atom is 0.410 e. The molecule has 0 saturated carbocycles. The second-order valence-corrected chi connectivity index (χ2v) is 26.0. The van der Waals surface area contributed by atoms with Crippen molar-refractivity contribution in [1.82, 2.24) is 40.0 Å². The van der Waals surface area contributed by atoms with Gasteiger partial charge in [0.15, 0.2) is 0 Å². The molecular weight excluding hydrogens is 967 g/mol. The molecule has 2 N–H and O–H groups in total. The number of nitrogens with zero attached hydrogens (tertiary/aromatic N) is 7. The first kappa shape index (κ1) is 54.8. The molecule has 77 heavy (non-hydrogen) atoms. The first-order chi connectivity index (χ1) is 36.7. The Kier molecular flexibility index (Phi) is 15.6. The number of aryl methyl sites for hydroxylation is 1. The lowest BCUT2D eigenvalue weighted by molar-refractivity contribution is -0.155. The molecule has 4 aromatic rings. The number of anilines is 1. The number of likely N-dealkylation sites (tertiary alicyclic amines) is 2. The van der Waals surface area contributed by atoms with E-state index < -0.39 is 29.1 Å². The van der Waals surface area contributed by atoms with Crippen LogP contribution in [0.2, 0.25) is 0 Å². The Morgan fingerprint density at radius 2 is 1.70 bits per heavy atom. The van der Waals surface area contributed by atoms with Crippen LogP contribution in [0.5, 0.6) is 0 Å². The molecule has 6 bridgehead atoms. The fourth-order valence-corrected chi connectivity index (χ4v) is 13.7. The van der Waals surface area contributed by atoms with Gasteiger partial charge in [-0.2, -0.15) is 0 Å². The topological polar surface area (TPSA) is 145 Å². The third-order valence-corrected chi connectivity index (χ3v) is 17.6. The number of amides is 3. The Bertz CT molecular complexity index is 2850. The number of piperidine rings is 1. The minimum Gasteiger partial charge on any atom is -0.464 e. The van der Waals surface area contributed by atoms with Gasteiger partial charge in [-0.15, -0.1) is 0 Å². The fraction of sp³-hybridized carbons (Fsp3) is 0.629. The molecule has 416 valence electrons. The van der Waals surface area contributed by atoms with Gasteiger partial charge in [0.2, 0.25) is 5.91 Å². The highest BCUT2D eigenvalue weighted by atomic mass is 16.6. The second kappa shape index (κ2) is 22.0. The van der Waals surface area contributed by atoms with Gasteiger partial charge >= 0.3 is 12.1 Å². The third kappa shape index (κ3) is 11.6. The number of carbonyl (C=O) groups excluding carboxylic acids is 4. The molecule has 8 heterocycles. The van der Waals surface area contributed by atoms with Crippen LogP contribution in [0.25, 0.3) is 33.3 Å². The maximum atomic E-state index is 15.0. The number of aromatic nitrogens is 2. The number of piperazine rings is 1. The van der Waals surface area contributed by atoms with Crippen LogP contribution in [0, 0.1) is 16.7 Å². The SMILES string of the molecule is CCn1c(-c2cc(N3CCN4CCCC[C@@H]4C3)cnc2C(C)C)c2c3cc(ccc31)-c1cccc(c1)C[C@H](NC(=O)[C@H](C(C)C)N1CC[C@]3(CCN(C(=O)OC(C)(C)C)C3)C1)C(=O)N1CCC[C@H](N1)C(=O)OCC(C)(C)C2. The van der Waals surface area contributed by atoms with Crippen molar-refractivity contribution in [3.05, 3.63) is 71.5 Å². The summed E-state index contributed by atoms with van der Waals surface area (Å²) in [5, 5.41) is 5.99. The van der Waals surface area contributed by atoms with Gasteiger partial charge in [-0.05, 0) is 138 Å². The van der Waals surface area contributed by atoms with Crippen LogP contribution < -0.4 is 15.6 Å². The molecule has 6 aliphatic heterocycles. The van der Waals surface area contributed by atoms with Crippen molar-refractivity contribution >= 4 is 40.5 Å². The Labute approximate surface area is 457 Å². The van der Waals surface area contributed by atoms with Crippen molar-refractivity contribution in [2.75, 3.05) is 70.4 Å². The standard InChI is InChI=1S/C62H87N9O6/c1-11-70-52-21-20-44-32-47(52)49(55(70)48-33-46(35-63-53(48)40(2)3)67-29-28-66-24-13-12-18-45(66)36-67)34-61(9,10)39-76-58(74)50-19-15-25-71(65-50)57(73)51(31-42-16-14-17-43(44)30-42)64-56(72)54(41(4)5)68-26-22-62(37-68)23-27-69(38-62)59(75)77-60(6,7)8/h14,16-17,20-21,30,32-33,35,40-41,45,50-51,54,65H,11-13,15,18-19,22-29,31,34,36-39H2,1-10H3,(H,64,72)/t45-,50+,51+,54+,62+/m1/s1. The van der Waals surface area contributed by atoms with E-state index in [2.05, 4.69) is 127 Å². The zero-order valence-corrected chi connectivity index (χ0v) is 47.9. The highest BCUT2D eigenvalue weighted by Crippen LogP contribution is 2.44. The molecule has 0 radical (unpaired) electrons. The van der Waals surface area contributed by atoms with Crippen LogP contribution in [-0.4, -0.2) is 148 Å². The molecule has 10 rings (SSSR count). The summed E-state index contributed by atoms with van der Waals surface area (Å²) in [4.78, 5) is 71.9. The van der Waals surface area contributed by atoms with Gasteiger partial charge in [0.1, 0.15) is 17.7 Å². The van der Waals surface area contributed by atoms with Gasteiger partial charge in [-0.1, -0.05) is 78.3 Å². The van der Waals surface area contributed by atoms with E-state index in [0.717, 1.165) is 77.9 Å². The van der Waals surface area contributed by atoms with Crippen molar-refractivity contribution in [3.63, 3.8) is 0 Å². The quantitative estimate of drug-likeness (QED) is 0.163. The van der Waals surface area contributed by atoms with Gasteiger partial charge < -0.3 is 29.2 Å². The molecule has 0 unspecified atom stereocenters. The van der Waals surface area contributed by atoms with E-state index in [1.807, 2.05) is 31.7 Å². The van der Waals surface area contributed by atoms with Crippen molar-refractivity contribution in [1.29, 1.82) is 0 Å². The summed E-state index contributed by atoms with van der Waals surface area (Å²) in [6.45, 7) is 29.0. The number of esters is 1. The van der Waals surface area contributed by atoms with E-state index in [4.69, 9.17) is 14.5 Å². The first-order valence-electron chi connectivity index (χ1n) is 29.2. The molecule has 2 aromatic heterocycles. The lowest BCUT2D eigenvalue weighted by Crippen LogP contribution is -2.62. The monoisotopic (exact) mass is 1050 g/mol. The third-order valence-electron chi connectivity index (χ3n) is 17.6. The van der Waals surface area contributed by atoms with Crippen molar-refractivity contribution < 1.29 is 28.7 Å². The van der Waals surface area contributed by atoms with Gasteiger partial charge in [0.25, 0.3) is 5.91 Å². The summed E-state index contributed by atoms with van der Waals surface area (Å²) in [6, 6.07) is 16.0. The number of ether oxygens (including phenoxy) is 2. The minimum absolute atomic E-state index is 0.0554. The predicted molar refractivity (Wildman–Crippen MR) is 303 cm³/mol. The smallest absolute Gasteiger partial charge is 0.410 e. The van der Waals surface area contributed by atoms with Gasteiger partial charge in [-0.25, -0.2) is 10.2 Å². The van der Waals surface area contributed by atoms with E-state index in [1.54, 1.807) is 5.01 Å². The molecule has 15 heteroatoms. The fourth-order valence-electron chi connectivity index (χ4n) is 13.7. The average molecular weight is 1050 g/mol. The molecular formula is C62H87N9O6. The summed E-state index contributed by atoms with van der Waals surface area (Å²) in [7, 11) is 0. The summed E-state index contributed by atoms with van der Waals surface area (Å²) in [5.74, 6) is -0.755. The number of hydrazine groups is 1. The lowest BCUT2D eigenvalue weighted by atomic mass is 9.83. The Morgan fingerprint density at radius 3 is 2.47 bits per heavy atom. The number of rotatable bonds is 8. The second-order valence-electron chi connectivity index (χ2n) is 26.0. The molecule has 0 aliphatic carbocycles. The molecule has 5 atom stereocenters. The molecule has 1 spiro atoms. The summed E-state index contributed by atoms with van der Waals surface area (Å²) >= 11 is 0. The molecule has 5 fully saturated rings. The lowest BCUT2D eigenvalue weighted by Gasteiger charge is -2.45. The number of cyclic esters (lactones) is 1. The van der Waals surface area contributed by atoms with E-state index in [9.17, 15) is 19.2 Å². The van der Waals surface area contributed by atoms with Crippen LogP contribution in [-0.2, 0) is 43.2 Å². The van der Waals surface area contributed by atoms with Crippen molar-refractivity contribution in [2.24, 2.45) is 16.7 Å². The average Bonchev–Trinajstić information content (AvgIpc) is 4.14. The number of benzene rings is 2. The molecule has 6 aliphatic rings.